The molecule has 7 heteroatoms. The second kappa shape index (κ2) is 7.74. The van der Waals surface area contributed by atoms with E-state index in [0.717, 1.165) is 21.4 Å². The first-order valence-corrected chi connectivity index (χ1v) is 9.23. The molecule has 0 aliphatic carbocycles. The smallest absolute Gasteiger partial charge is 0.255 e. The Bertz CT molecular complexity index is 1110. The lowest BCUT2D eigenvalue weighted by Gasteiger charge is -2.08. The summed E-state index contributed by atoms with van der Waals surface area (Å²) in [7, 11) is 0. The van der Waals surface area contributed by atoms with Crippen LogP contribution in [0, 0.1) is 5.82 Å². The maximum atomic E-state index is 13.2. The topological polar surface area (TPSA) is 59.8 Å². The molecule has 3 aromatic carbocycles. The summed E-state index contributed by atoms with van der Waals surface area (Å²) in [5.74, 6) is -0.505. The van der Waals surface area contributed by atoms with Gasteiger partial charge in [0.25, 0.3) is 5.91 Å². The van der Waals surface area contributed by atoms with Gasteiger partial charge in [-0.2, -0.15) is 0 Å². The van der Waals surface area contributed by atoms with Crippen molar-refractivity contribution in [2.24, 2.45) is 0 Å². The third kappa shape index (κ3) is 3.84. The van der Waals surface area contributed by atoms with Crippen LogP contribution in [-0.2, 0) is 0 Å². The van der Waals surface area contributed by atoms with Crippen LogP contribution in [0.1, 0.15) is 10.4 Å². The minimum atomic E-state index is -0.302. The number of nitrogens with one attached hydrogen (secondary N) is 1. The van der Waals surface area contributed by atoms with Crippen molar-refractivity contribution < 1.29 is 9.18 Å². The quantitative estimate of drug-likeness (QED) is 0.484. The molecule has 4 aromatic rings. The van der Waals surface area contributed by atoms with Crippen LogP contribution in [0.3, 0.4) is 0 Å². The van der Waals surface area contributed by atoms with Crippen molar-refractivity contribution in [3.05, 3.63) is 94.8 Å². The Hall–Kier alpha value is -3.32. The minimum Gasteiger partial charge on any atom is -0.322 e. The molecule has 1 aromatic heterocycles. The molecule has 0 fully saturated rings. The van der Waals surface area contributed by atoms with E-state index in [1.165, 1.54) is 12.1 Å². The van der Waals surface area contributed by atoms with Crippen molar-refractivity contribution in [1.29, 1.82) is 0 Å². The number of carbonyl (C=O) groups excluding carboxylic acids is 1. The zero-order valence-corrected chi connectivity index (χ0v) is 16.1. The van der Waals surface area contributed by atoms with Crippen molar-refractivity contribution in [2.75, 3.05) is 5.32 Å². The lowest BCUT2D eigenvalue weighted by atomic mass is 10.1. The van der Waals surface area contributed by atoms with Gasteiger partial charge in [0.15, 0.2) is 0 Å². The number of halogens is 2. The molecule has 138 valence electrons. The third-order valence-corrected chi connectivity index (χ3v) is 4.69. The number of anilines is 1. The Balaban J connectivity index is 1.55. The summed E-state index contributed by atoms with van der Waals surface area (Å²) < 4.78 is 15.8. The number of hydrogen-bond acceptors (Lipinski definition) is 3. The maximum Gasteiger partial charge on any atom is 0.255 e. The van der Waals surface area contributed by atoms with E-state index in [2.05, 4.69) is 31.6 Å². The van der Waals surface area contributed by atoms with Crippen LogP contribution in [0.15, 0.2) is 83.5 Å². The number of aromatic nitrogens is 3. The van der Waals surface area contributed by atoms with Crippen molar-refractivity contribution >= 4 is 27.5 Å². The molecule has 0 spiro atoms. The van der Waals surface area contributed by atoms with E-state index in [1.807, 2.05) is 24.3 Å². The number of rotatable bonds is 4. The first kappa shape index (κ1) is 18.1. The summed E-state index contributed by atoms with van der Waals surface area (Å²) in [6, 6.07) is 20.5. The molecule has 0 saturated carbocycles. The summed E-state index contributed by atoms with van der Waals surface area (Å²) >= 11 is 3.36. The van der Waals surface area contributed by atoms with Crippen molar-refractivity contribution in [3.8, 4) is 16.9 Å². The second-order valence-corrected chi connectivity index (χ2v) is 6.96. The summed E-state index contributed by atoms with van der Waals surface area (Å²) in [5.41, 5.74) is 3.51. The molecule has 0 atom stereocenters. The highest BCUT2D eigenvalue weighted by atomic mass is 79.9. The molecule has 0 bridgehead atoms. The Labute approximate surface area is 169 Å². The Kier molecular flexibility index (Phi) is 4.99. The fraction of sp³-hybridized carbons (Fsp3) is 0. The maximum absolute atomic E-state index is 13.2. The van der Waals surface area contributed by atoms with Crippen LogP contribution in [0.5, 0.6) is 0 Å². The monoisotopic (exact) mass is 436 g/mol. The van der Waals surface area contributed by atoms with Crippen molar-refractivity contribution in [1.82, 2.24) is 15.0 Å². The molecule has 28 heavy (non-hydrogen) atoms. The van der Waals surface area contributed by atoms with Crippen LogP contribution in [0.25, 0.3) is 16.9 Å². The number of benzene rings is 3. The van der Waals surface area contributed by atoms with Crippen LogP contribution >= 0.6 is 15.9 Å². The lowest BCUT2D eigenvalue weighted by Crippen LogP contribution is -2.12. The van der Waals surface area contributed by atoms with Gasteiger partial charge >= 0.3 is 0 Å². The number of amides is 1. The highest BCUT2D eigenvalue weighted by Crippen LogP contribution is 2.22. The SMILES string of the molecule is O=C(Nc1ccc(Br)cc1)c1ccc(-n2nncc2-c2ccc(F)cc2)cc1. The molecule has 0 aliphatic heterocycles. The highest BCUT2D eigenvalue weighted by molar-refractivity contribution is 9.10. The minimum absolute atomic E-state index is 0.203. The second-order valence-electron chi connectivity index (χ2n) is 6.05. The molecule has 0 saturated heterocycles. The van der Waals surface area contributed by atoms with Crippen LogP contribution < -0.4 is 5.32 Å². The van der Waals surface area contributed by atoms with Crippen LogP contribution in [-0.4, -0.2) is 20.9 Å². The van der Waals surface area contributed by atoms with Gasteiger partial charge in [0.2, 0.25) is 0 Å². The average Bonchev–Trinajstić information content (AvgIpc) is 3.20. The van der Waals surface area contributed by atoms with E-state index >= 15 is 0 Å². The van der Waals surface area contributed by atoms with E-state index in [9.17, 15) is 9.18 Å². The van der Waals surface area contributed by atoms with Crippen molar-refractivity contribution in [3.63, 3.8) is 0 Å². The summed E-state index contributed by atoms with van der Waals surface area (Å²) in [4.78, 5) is 12.4. The molecule has 1 heterocycles. The zero-order chi connectivity index (χ0) is 19.5. The normalized spacial score (nSPS) is 10.6. The van der Waals surface area contributed by atoms with Gasteiger partial charge in [-0.1, -0.05) is 21.1 Å². The molecule has 0 aliphatic rings. The number of carbonyl (C=O) groups is 1. The zero-order valence-electron chi connectivity index (χ0n) is 14.5. The van der Waals surface area contributed by atoms with Crippen LogP contribution in [0.2, 0.25) is 0 Å². The average molecular weight is 437 g/mol. The molecule has 5 nitrogen and oxygen atoms in total. The number of nitrogens with zero attached hydrogens (tertiary/aromatic N) is 3. The van der Waals surface area contributed by atoms with Gasteiger partial charge in [0.05, 0.1) is 17.6 Å². The van der Waals surface area contributed by atoms with Gasteiger partial charge < -0.3 is 5.32 Å². The third-order valence-electron chi connectivity index (χ3n) is 4.17. The van der Waals surface area contributed by atoms with Gasteiger partial charge in [0.1, 0.15) is 5.82 Å². The molecule has 0 unspecified atom stereocenters. The largest absolute Gasteiger partial charge is 0.322 e. The predicted octanol–water partition coefficient (Wildman–Crippen LogP) is 5.09. The van der Waals surface area contributed by atoms with E-state index in [-0.39, 0.29) is 11.7 Å². The van der Waals surface area contributed by atoms with Crippen molar-refractivity contribution in [2.45, 2.75) is 0 Å². The Morgan fingerprint density at radius 3 is 2.29 bits per heavy atom. The number of hydrogen-bond donors (Lipinski definition) is 1. The highest BCUT2D eigenvalue weighted by Gasteiger charge is 2.11. The summed E-state index contributed by atoms with van der Waals surface area (Å²) in [6.45, 7) is 0. The molecule has 1 N–H and O–H groups in total. The summed E-state index contributed by atoms with van der Waals surface area (Å²) in [5, 5.41) is 10.9. The Morgan fingerprint density at radius 2 is 1.61 bits per heavy atom. The van der Waals surface area contributed by atoms with E-state index in [0.29, 0.717) is 11.3 Å². The molecular weight excluding hydrogens is 423 g/mol. The first-order chi connectivity index (χ1) is 13.6. The van der Waals surface area contributed by atoms with E-state index in [4.69, 9.17) is 0 Å². The van der Waals surface area contributed by atoms with Gasteiger partial charge in [-0.25, -0.2) is 9.07 Å². The van der Waals surface area contributed by atoms with Gasteiger partial charge in [-0.05, 0) is 72.8 Å². The molecule has 0 radical (unpaired) electrons. The molecule has 1 amide bonds. The fourth-order valence-corrected chi connectivity index (χ4v) is 3.00. The van der Waals surface area contributed by atoms with Gasteiger partial charge in [0, 0.05) is 21.3 Å². The van der Waals surface area contributed by atoms with Gasteiger partial charge in [-0.3, -0.25) is 4.79 Å². The summed E-state index contributed by atoms with van der Waals surface area (Å²) in [6.07, 6.45) is 1.61. The standard InChI is InChI=1S/C21H14BrFN4O/c22-16-5-9-18(10-6-16)25-21(28)15-3-11-19(12-4-15)27-20(13-24-26-27)14-1-7-17(23)8-2-14/h1-13H,(H,25,28). The first-order valence-electron chi connectivity index (χ1n) is 8.44. The van der Waals surface area contributed by atoms with Gasteiger partial charge in [-0.15, -0.1) is 5.10 Å². The van der Waals surface area contributed by atoms with E-state index in [1.54, 1.807) is 47.3 Å². The molecular formula is C21H14BrFN4O. The van der Waals surface area contributed by atoms with Crippen LogP contribution in [0.4, 0.5) is 10.1 Å². The lowest BCUT2D eigenvalue weighted by molar-refractivity contribution is 0.102. The van der Waals surface area contributed by atoms with E-state index < -0.39 is 0 Å². The Morgan fingerprint density at radius 1 is 0.929 bits per heavy atom. The fourth-order valence-electron chi connectivity index (χ4n) is 2.73. The molecule has 4 rings (SSSR count). The predicted molar refractivity (Wildman–Crippen MR) is 109 cm³/mol.